The normalized spacial score (nSPS) is 14.3. The average Bonchev–Trinajstić information content (AvgIpc) is 2.78. The molecule has 0 radical (unpaired) electrons. The number of aryl methyl sites for hydroxylation is 2. The lowest BCUT2D eigenvalue weighted by molar-refractivity contribution is -0.134. The Kier molecular flexibility index (Phi) is 6.53. The minimum absolute atomic E-state index is 0.0641. The fraction of sp³-hybridized carbons (Fsp3) is 0.348. The number of benzene rings is 1. The van der Waals surface area contributed by atoms with Crippen LogP contribution in [-0.4, -0.2) is 50.4 Å². The van der Waals surface area contributed by atoms with Gasteiger partial charge in [-0.05, 0) is 57.0 Å². The summed E-state index contributed by atoms with van der Waals surface area (Å²) in [6, 6.07) is 7.55. The third kappa shape index (κ3) is 5.54. The molecule has 0 bridgehead atoms. The summed E-state index contributed by atoms with van der Waals surface area (Å²) >= 11 is 0. The summed E-state index contributed by atoms with van der Waals surface area (Å²) in [5.74, 6) is 1.36. The van der Waals surface area contributed by atoms with Crippen molar-refractivity contribution in [2.45, 2.75) is 32.6 Å². The first-order valence-electron chi connectivity index (χ1n) is 10.5. The number of rotatable bonds is 6. The summed E-state index contributed by atoms with van der Waals surface area (Å²) in [6.45, 7) is 5.01. The number of amides is 1. The average molecular weight is 436 g/mol. The van der Waals surface area contributed by atoms with Crippen LogP contribution in [0.25, 0.3) is 0 Å². The van der Waals surface area contributed by atoms with E-state index in [-0.39, 0.29) is 24.2 Å². The third-order valence-corrected chi connectivity index (χ3v) is 5.32. The van der Waals surface area contributed by atoms with Gasteiger partial charge in [0.2, 0.25) is 5.95 Å². The Morgan fingerprint density at radius 2 is 1.78 bits per heavy atom. The minimum Gasteiger partial charge on any atom is -0.484 e. The van der Waals surface area contributed by atoms with Crippen molar-refractivity contribution in [3.63, 3.8) is 0 Å². The Hall–Kier alpha value is -3.62. The number of nitrogens with zero attached hydrogens (tertiary/aromatic N) is 5. The molecule has 0 aliphatic carbocycles. The first-order valence-corrected chi connectivity index (χ1v) is 10.5. The van der Waals surface area contributed by atoms with E-state index in [1.54, 1.807) is 17.3 Å². The van der Waals surface area contributed by atoms with Gasteiger partial charge in [-0.1, -0.05) is 0 Å². The smallest absolute Gasteiger partial charge is 0.260 e. The van der Waals surface area contributed by atoms with Crippen LogP contribution in [0.2, 0.25) is 0 Å². The number of likely N-dealkylation sites (tertiary alicyclic amines) is 1. The molecule has 1 saturated heterocycles. The van der Waals surface area contributed by atoms with Crippen molar-refractivity contribution in [1.29, 1.82) is 0 Å². The number of hydrogen-bond acceptors (Lipinski definition) is 7. The van der Waals surface area contributed by atoms with E-state index in [0.717, 1.165) is 29.9 Å². The zero-order valence-corrected chi connectivity index (χ0v) is 18.1. The highest BCUT2D eigenvalue weighted by Crippen LogP contribution is 2.27. The third-order valence-electron chi connectivity index (χ3n) is 5.32. The highest BCUT2D eigenvalue weighted by Gasteiger charge is 2.25. The van der Waals surface area contributed by atoms with Crippen LogP contribution in [0.3, 0.4) is 0 Å². The maximum atomic E-state index is 13.0. The molecule has 9 heteroatoms. The van der Waals surface area contributed by atoms with Crippen LogP contribution in [0.4, 0.5) is 16.2 Å². The molecule has 166 valence electrons. The van der Waals surface area contributed by atoms with Gasteiger partial charge in [-0.3, -0.25) is 9.78 Å². The van der Waals surface area contributed by atoms with Crippen molar-refractivity contribution in [1.82, 2.24) is 24.8 Å². The Morgan fingerprint density at radius 3 is 2.47 bits per heavy atom. The van der Waals surface area contributed by atoms with Gasteiger partial charge >= 0.3 is 0 Å². The SMILES string of the molecule is Cc1cc(C)nc(Nc2cncc(C3CCN(C(=O)COc4ccc(F)cc4)CC3)n2)n1. The number of aromatic nitrogens is 4. The molecule has 1 aromatic carbocycles. The van der Waals surface area contributed by atoms with Crippen LogP contribution in [0.15, 0.2) is 42.7 Å². The predicted molar refractivity (Wildman–Crippen MR) is 117 cm³/mol. The molecule has 0 saturated carbocycles. The lowest BCUT2D eigenvalue weighted by Crippen LogP contribution is -2.40. The van der Waals surface area contributed by atoms with E-state index in [0.29, 0.717) is 30.6 Å². The Labute approximate surface area is 185 Å². The molecule has 2 aromatic heterocycles. The highest BCUT2D eigenvalue weighted by molar-refractivity contribution is 5.77. The monoisotopic (exact) mass is 436 g/mol. The number of nitrogens with one attached hydrogen (secondary N) is 1. The Balaban J connectivity index is 1.31. The molecular weight excluding hydrogens is 411 g/mol. The van der Waals surface area contributed by atoms with Gasteiger partial charge in [0, 0.05) is 36.6 Å². The molecule has 32 heavy (non-hydrogen) atoms. The van der Waals surface area contributed by atoms with E-state index in [1.807, 2.05) is 19.9 Å². The van der Waals surface area contributed by atoms with Crippen LogP contribution in [0, 0.1) is 19.7 Å². The van der Waals surface area contributed by atoms with Crippen LogP contribution in [0.1, 0.15) is 35.8 Å². The van der Waals surface area contributed by atoms with Crippen molar-refractivity contribution in [3.8, 4) is 5.75 Å². The topological polar surface area (TPSA) is 93.1 Å². The second-order valence-electron chi connectivity index (χ2n) is 7.83. The number of carbonyl (C=O) groups excluding carboxylic acids is 1. The molecule has 1 aliphatic rings. The fourth-order valence-electron chi connectivity index (χ4n) is 3.73. The number of piperidine rings is 1. The highest BCUT2D eigenvalue weighted by atomic mass is 19.1. The predicted octanol–water partition coefficient (Wildman–Crippen LogP) is 3.55. The number of carbonyl (C=O) groups is 1. The first-order chi connectivity index (χ1) is 15.5. The van der Waals surface area contributed by atoms with Crippen LogP contribution in [-0.2, 0) is 4.79 Å². The minimum atomic E-state index is -0.338. The molecule has 3 heterocycles. The first kappa shape index (κ1) is 21.6. The molecule has 0 spiro atoms. The lowest BCUT2D eigenvalue weighted by Gasteiger charge is -2.31. The molecule has 1 N–H and O–H groups in total. The van der Waals surface area contributed by atoms with Crippen LogP contribution >= 0.6 is 0 Å². The van der Waals surface area contributed by atoms with Crippen molar-refractivity contribution >= 4 is 17.7 Å². The maximum Gasteiger partial charge on any atom is 0.260 e. The Morgan fingerprint density at radius 1 is 1.09 bits per heavy atom. The number of anilines is 2. The van der Waals surface area contributed by atoms with Gasteiger partial charge < -0.3 is 15.0 Å². The molecule has 3 aromatic rings. The van der Waals surface area contributed by atoms with E-state index in [2.05, 4.69) is 20.3 Å². The largest absolute Gasteiger partial charge is 0.484 e. The molecule has 0 atom stereocenters. The molecular formula is C23H25FN6O2. The Bertz CT molecular complexity index is 1060. The quantitative estimate of drug-likeness (QED) is 0.632. The zero-order valence-electron chi connectivity index (χ0n) is 18.1. The van der Waals surface area contributed by atoms with Gasteiger partial charge in [-0.2, -0.15) is 0 Å². The fourth-order valence-corrected chi connectivity index (χ4v) is 3.73. The molecule has 4 rings (SSSR count). The van der Waals surface area contributed by atoms with E-state index in [4.69, 9.17) is 9.72 Å². The van der Waals surface area contributed by atoms with Crippen molar-refractivity contribution in [2.75, 3.05) is 25.0 Å². The van der Waals surface area contributed by atoms with Crippen LogP contribution in [0.5, 0.6) is 5.75 Å². The second kappa shape index (κ2) is 9.67. The standard InChI is InChI=1S/C23H25FN6O2/c1-15-11-16(2)27-23(26-15)29-21-13-25-12-20(28-21)17-7-9-30(10-8-17)22(31)14-32-19-5-3-18(24)4-6-19/h3-6,11-13,17H,7-10,14H2,1-2H3,(H,26,27,28,29). The van der Waals surface area contributed by atoms with Crippen molar-refractivity contribution in [2.24, 2.45) is 0 Å². The van der Waals surface area contributed by atoms with Gasteiger partial charge in [0.25, 0.3) is 5.91 Å². The summed E-state index contributed by atoms with van der Waals surface area (Å²) in [5, 5.41) is 3.13. The molecule has 1 fully saturated rings. The maximum absolute atomic E-state index is 13.0. The van der Waals surface area contributed by atoms with Gasteiger partial charge in [-0.25, -0.2) is 19.3 Å². The summed E-state index contributed by atoms with van der Waals surface area (Å²) in [5.41, 5.74) is 2.64. The van der Waals surface area contributed by atoms with Crippen molar-refractivity contribution < 1.29 is 13.9 Å². The lowest BCUT2D eigenvalue weighted by atomic mass is 9.94. The number of ether oxygens (including phenoxy) is 1. The van der Waals surface area contributed by atoms with Crippen LogP contribution < -0.4 is 10.1 Å². The summed E-state index contributed by atoms with van der Waals surface area (Å²) < 4.78 is 18.4. The number of halogens is 1. The second-order valence-corrected chi connectivity index (χ2v) is 7.83. The van der Waals surface area contributed by atoms with E-state index < -0.39 is 0 Å². The molecule has 0 unspecified atom stereocenters. The summed E-state index contributed by atoms with van der Waals surface area (Å²) in [7, 11) is 0. The summed E-state index contributed by atoms with van der Waals surface area (Å²) in [6.07, 6.45) is 5.00. The van der Waals surface area contributed by atoms with Gasteiger partial charge in [0.15, 0.2) is 12.4 Å². The molecule has 1 aliphatic heterocycles. The molecule has 8 nitrogen and oxygen atoms in total. The summed E-state index contributed by atoms with van der Waals surface area (Å²) in [4.78, 5) is 32.0. The number of hydrogen-bond donors (Lipinski definition) is 1. The van der Waals surface area contributed by atoms with Gasteiger partial charge in [0.05, 0.1) is 11.9 Å². The van der Waals surface area contributed by atoms with E-state index in [9.17, 15) is 9.18 Å². The van der Waals surface area contributed by atoms with E-state index in [1.165, 1.54) is 24.3 Å². The van der Waals surface area contributed by atoms with Gasteiger partial charge in [-0.15, -0.1) is 0 Å². The van der Waals surface area contributed by atoms with E-state index >= 15 is 0 Å². The van der Waals surface area contributed by atoms with Crippen molar-refractivity contribution in [3.05, 3.63) is 65.6 Å². The zero-order chi connectivity index (χ0) is 22.5. The molecule has 1 amide bonds. The van der Waals surface area contributed by atoms with Gasteiger partial charge in [0.1, 0.15) is 11.6 Å².